The number of benzene rings is 1. The van der Waals surface area contributed by atoms with Crippen LogP contribution in [-0.2, 0) is 11.3 Å². The molecule has 1 atom stereocenters. The molecule has 0 aliphatic carbocycles. The van der Waals surface area contributed by atoms with E-state index >= 15 is 0 Å². The number of hydrogen-bond acceptors (Lipinski definition) is 5. The largest absolute Gasteiger partial charge is 0.392 e. The van der Waals surface area contributed by atoms with Crippen LogP contribution < -0.4 is 10.2 Å². The number of aliphatic hydroxyl groups excluding tert-OH is 1. The van der Waals surface area contributed by atoms with Crippen LogP contribution in [0.5, 0.6) is 0 Å². The summed E-state index contributed by atoms with van der Waals surface area (Å²) in [5.74, 6) is 0.751. The molecule has 2 fully saturated rings. The normalized spacial score (nSPS) is 21.4. The molecule has 5 nitrogen and oxygen atoms in total. The Kier molecular flexibility index (Phi) is 7.11. The summed E-state index contributed by atoms with van der Waals surface area (Å²) in [7, 11) is 0. The van der Waals surface area contributed by atoms with E-state index in [0.29, 0.717) is 0 Å². The Hall–Kier alpha value is -1.14. The van der Waals surface area contributed by atoms with Crippen molar-refractivity contribution in [2.24, 2.45) is 5.92 Å². The standard InChI is InChI=1S/C20H33N3O2/c1-17(24)16-22-8-6-18(7-9-22)14-21-15-19-4-2-3-5-20(19)23-10-12-25-13-11-23/h2-5,17-18,21,24H,6-16H2,1H3/t17-/m0/s1. The number of piperidine rings is 1. The van der Waals surface area contributed by atoms with Gasteiger partial charge >= 0.3 is 0 Å². The van der Waals surface area contributed by atoms with Crippen LogP contribution in [0.15, 0.2) is 24.3 Å². The molecule has 0 bridgehead atoms. The molecule has 5 heteroatoms. The zero-order valence-electron chi connectivity index (χ0n) is 15.5. The average Bonchev–Trinajstić information content (AvgIpc) is 2.64. The average molecular weight is 348 g/mol. The number of β-amino-alcohol motifs (C(OH)–C–C–N with tert-alkyl or cyclic N) is 1. The van der Waals surface area contributed by atoms with Gasteiger partial charge in [0.25, 0.3) is 0 Å². The van der Waals surface area contributed by atoms with Gasteiger partial charge < -0.3 is 25.0 Å². The van der Waals surface area contributed by atoms with E-state index in [-0.39, 0.29) is 6.10 Å². The van der Waals surface area contributed by atoms with E-state index in [2.05, 4.69) is 39.4 Å². The molecule has 25 heavy (non-hydrogen) atoms. The van der Waals surface area contributed by atoms with Gasteiger partial charge in [-0.15, -0.1) is 0 Å². The minimum atomic E-state index is -0.216. The number of nitrogens with one attached hydrogen (secondary N) is 1. The summed E-state index contributed by atoms with van der Waals surface area (Å²) in [6, 6.07) is 8.74. The van der Waals surface area contributed by atoms with Crippen LogP contribution >= 0.6 is 0 Å². The lowest BCUT2D eigenvalue weighted by molar-refractivity contribution is 0.0998. The second kappa shape index (κ2) is 9.53. The predicted octanol–water partition coefficient (Wildman–Crippen LogP) is 1.71. The predicted molar refractivity (Wildman–Crippen MR) is 102 cm³/mol. The summed E-state index contributed by atoms with van der Waals surface area (Å²) in [6.07, 6.45) is 2.24. The molecule has 2 saturated heterocycles. The second-order valence-corrected chi connectivity index (χ2v) is 7.45. The highest BCUT2D eigenvalue weighted by Crippen LogP contribution is 2.22. The maximum absolute atomic E-state index is 9.51. The van der Waals surface area contributed by atoms with Crippen LogP contribution in [-0.4, -0.2) is 68.6 Å². The third-order valence-electron chi connectivity index (χ3n) is 5.32. The molecule has 0 unspecified atom stereocenters. The zero-order chi connectivity index (χ0) is 17.5. The van der Waals surface area contributed by atoms with Crippen LogP contribution in [0.25, 0.3) is 0 Å². The molecule has 3 rings (SSSR count). The topological polar surface area (TPSA) is 48.0 Å². The molecule has 1 aromatic rings. The van der Waals surface area contributed by atoms with Crippen molar-refractivity contribution in [3.8, 4) is 0 Å². The Morgan fingerprint density at radius 3 is 2.60 bits per heavy atom. The first-order valence-corrected chi connectivity index (χ1v) is 9.74. The molecule has 1 aromatic carbocycles. The van der Waals surface area contributed by atoms with Crippen molar-refractivity contribution in [3.05, 3.63) is 29.8 Å². The fraction of sp³-hybridized carbons (Fsp3) is 0.700. The number of rotatable bonds is 7. The van der Waals surface area contributed by atoms with Crippen molar-refractivity contribution in [1.82, 2.24) is 10.2 Å². The van der Waals surface area contributed by atoms with Crippen molar-refractivity contribution < 1.29 is 9.84 Å². The van der Waals surface area contributed by atoms with Gasteiger partial charge in [0.1, 0.15) is 0 Å². The lowest BCUT2D eigenvalue weighted by Crippen LogP contribution is -2.40. The number of ether oxygens (including phenoxy) is 1. The second-order valence-electron chi connectivity index (χ2n) is 7.45. The Morgan fingerprint density at radius 2 is 1.88 bits per heavy atom. The van der Waals surface area contributed by atoms with Crippen molar-refractivity contribution in [1.29, 1.82) is 0 Å². The molecule has 140 valence electrons. The summed E-state index contributed by atoms with van der Waals surface area (Å²) in [6.45, 7) is 10.5. The maximum Gasteiger partial charge on any atom is 0.0642 e. The highest BCUT2D eigenvalue weighted by molar-refractivity contribution is 5.53. The third-order valence-corrected chi connectivity index (χ3v) is 5.32. The van der Waals surface area contributed by atoms with Gasteiger partial charge in [0.2, 0.25) is 0 Å². The van der Waals surface area contributed by atoms with Crippen molar-refractivity contribution in [2.45, 2.75) is 32.4 Å². The van der Waals surface area contributed by atoms with E-state index in [1.807, 2.05) is 6.92 Å². The van der Waals surface area contributed by atoms with Gasteiger partial charge in [-0.25, -0.2) is 0 Å². The van der Waals surface area contributed by atoms with Gasteiger partial charge in [-0.2, -0.15) is 0 Å². The van der Waals surface area contributed by atoms with Crippen LogP contribution in [0.2, 0.25) is 0 Å². The number of nitrogens with zero attached hydrogens (tertiary/aromatic N) is 2. The lowest BCUT2D eigenvalue weighted by Gasteiger charge is -2.33. The van der Waals surface area contributed by atoms with Gasteiger partial charge in [0.15, 0.2) is 0 Å². The molecule has 2 heterocycles. The highest BCUT2D eigenvalue weighted by Gasteiger charge is 2.20. The van der Waals surface area contributed by atoms with Crippen molar-refractivity contribution in [2.75, 3.05) is 57.4 Å². The molecular formula is C20H33N3O2. The van der Waals surface area contributed by atoms with E-state index in [1.165, 1.54) is 24.1 Å². The number of aliphatic hydroxyl groups is 1. The first-order chi connectivity index (χ1) is 12.2. The van der Waals surface area contributed by atoms with Gasteiger partial charge in [0.05, 0.1) is 19.3 Å². The van der Waals surface area contributed by atoms with E-state index in [0.717, 1.165) is 64.9 Å². The van der Waals surface area contributed by atoms with Crippen LogP contribution in [0.1, 0.15) is 25.3 Å². The van der Waals surface area contributed by atoms with Crippen molar-refractivity contribution in [3.63, 3.8) is 0 Å². The van der Waals surface area contributed by atoms with E-state index < -0.39 is 0 Å². The molecule has 2 N–H and O–H groups in total. The summed E-state index contributed by atoms with van der Waals surface area (Å²) >= 11 is 0. The molecule has 0 amide bonds. The van der Waals surface area contributed by atoms with Gasteiger partial charge in [-0.1, -0.05) is 18.2 Å². The first-order valence-electron chi connectivity index (χ1n) is 9.74. The number of anilines is 1. The molecule has 0 aromatic heterocycles. The Morgan fingerprint density at radius 1 is 1.16 bits per heavy atom. The van der Waals surface area contributed by atoms with Crippen molar-refractivity contribution >= 4 is 5.69 Å². The summed E-state index contributed by atoms with van der Waals surface area (Å²) in [5, 5.41) is 13.2. The molecule has 2 aliphatic heterocycles. The quantitative estimate of drug-likeness (QED) is 0.786. The number of para-hydroxylation sites is 1. The highest BCUT2D eigenvalue weighted by atomic mass is 16.5. The minimum Gasteiger partial charge on any atom is -0.392 e. The summed E-state index contributed by atoms with van der Waals surface area (Å²) in [4.78, 5) is 4.82. The number of hydrogen-bond donors (Lipinski definition) is 2. The summed E-state index contributed by atoms with van der Waals surface area (Å²) in [5.41, 5.74) is 2.74. The number of likely N-dealkylation sites (tertiary alicyclic amines) is 1. The van der Waals surface area contributed by atoms with Crippen LogP contribution in [0.4, 0.5) is 5.69 Å². The van der Waals surface area contributed by atoms with Gasteiger partial charge in [-0.05, 0) is 56.9 Å². The molecule has 2 aliphatic rings. The molecule has 0 radical (unpaired) electrons. The van der Waals surface area contributed by atoms with Gasteiger partial charge in [0, 0.05) is 31.9 Å². The van der Waals surface area contributed by atoms with Gasteiger partial charge in [-0.3, -0.25) is 0 Å². The van der Waals surface area contributed by atoms with Crippen LogP contribution in [0, 0.1) is 5.92 Å². The Labute approximate surface area is 152 Å². The molecular weight excluding hydrogens is 314 g/mol. The SMILES string of the molecule is C[C@H](O)CN1CCC(CNCc2ccccc2N2CCOCC2)CC1. The maximum atomic E-state index is 9.51. The minimum absolute atomic E-state index is 0.216. The van der Waals surface area contributed by atoms with E-state index in [9.17, 15) is 5.11 Å². The smallest absolute Gasteiger partial charge is 0.0642 e. The lowest BCUT2D eigenvalue weighted by atomic mass is 9.96. The van der Waals surface area contributed by atoms with E-state index in [4.69, 9.17) is 4.74 Å². The molecule has 0 saturated carbocycles. The zero-order valence-corrected chi connectivity index (χ0v) is 15.5. The van der Waals surface area contributed by atoms with E-state index in [1.54, 1.807) is 0 Å². The monoisotopic (exact) mass is 347 g/mol. The summed E-state index contributed by atoms with van der Waals surface area (Å²) < 4.78 is 5.48. The van der Waals surface area contributed by atoms with Crippen LogP contribution in [0.3, 0.4) is 0 Å². The fourth-order valence-electron chi connectivity index (χ4n) is 3.93. The Bertz CT molecular complexity index is 509. The first kappa shape index (κ1) is 18.6. The third kappa shape index (κ3) is 5.68. The fourth-order valence-corrected chi connectivity index (χ4v) is 3.93. The number of morpholine rings is 1. The molecule has 0 spiro atoms. The Balaban J connectivity index is 1.44.